The Bertz CT molecular complexity index is 425. The van der Waals surface area contributed by atoms with Gasteiger partial charge in [-0.15, -0.1) is 0 Å². The molecule has 2 rings (SSSR count). The Hall–Kier alpha value is -1.58. The molecule has 4 N–H and O–H groups in total. The molecule has 3 nitrogen and oxygen atoms in total. The fourth-order valence-electron chi connectivity index (χ4n) is 1.73. The number of hydrogen-bond acceptors (Lipinski definition) is 3. The van der Waals surface area contributed by atoms with Gasteiger partial charge >= 0.3 is 0 Å². The Labute approximate surface area is 88.2 Å². The second kappa shape index (κ2) is 3.53. The van der Waals surface area contributed by atoms with Crippen molar-refractivity contribution in [2.75, 3.05) is 0 Å². The maximum absolute atomic E-state index is 9.83. The number of phenolic OH excluding ortho intramolecular Hbond substituents is 1. The molecule has 1 aromatic rings. The average molecular weight is 203 g/mol. The van der Waals surface area contributed by atoms with E-state index in [2.05, 4.69) is 0 Å². The highest BCUT2D eigenvalue weighted by atomic mass is 16.3. The van der Waals surface area contributed by atoms with Gasteiger partial charge in [0.1, 0.15) is 5.75 Å². The van der Waals surface area contributed by atoms with Gasteiger partial charge in [0.15, 0.2) is 0 Å². The van der Waals surface area contributed by atoms with E-state index in [-0.39, 0.29) is 5.75 Å². The summed E-state index contributed by atoms with van der Waals surface area (Å²) in [6.45, 7) is 0. The van der Waals surface area contributed by atoms with Gasteiger partial charge in [-0.1, -0.05) is 42.5 Å². The Morgan fingerprint density at radius 3 is 2.60 bits per heavy atom. The zero-order chi connectivity index (χ0) is 10.9. The van der Waals surface area contributed by atoms with E-state index in [1.54, 1.807) is 48.6 Å². The molecule has 2 atom stereocenters. The van der Waals surface area contributed by atoms with E-state index < -0.39 is 11.6 Å². The van der Waals surface area contributed by atoms with Crippen LogP contribution in [0.3, 0.4) is 0 Å². The van der Waals surface area contributed by atoms with E-state index in [0.717, 1.165) is 0 Å². The molecule has 0 bridgehead atoms. The molecule has 3 heteroatoms. The largest absolute Gasteiger partial charge is 0.508 e. The van der Waals surface area contributed by atoms with Crippen LogP contribution in [0.4, 0.5) is 0 Å². The van der Waals surface area contributed by atoms with Gasteiger partial charge in [0.05, 0.1) is 11.6 Å². The number of rotatable bonds is 1. The van der Waals surface area contributed by atoms with Crippen molar-refractivity contribution in [2.45, 2.75) is 11.6 Å². The normalized spacial score (nSPS) is 29.3. The lowest BCUT2D eigenvalue weighted by molar-refractivity contribution is 0.150. The number of aliphatic hydroxyl groups excluding tert-OH is 1. The van der Waals surface area contributed by atoms with Crippen LogP contribution in [0.2, 0.25) is 0 Å². The summed E-state index contributed by atoms with van der Waals surface area (Å²) in [7, 11) is 0. The van der Waals surface area contributed by atoms with E-state index >= 15 is 0 Å². The Morgan fingerprint density at radius 2 is 1.93 bits per heavy atom. The third-order valence-electron chi connectivity index (χ3n) is 2.64. The lowest BCUT2D eigenvalue weighted by atomic mass is 9.82. The van der Waals surface area contributed by atoms with Crippen LogP contribution >= 0.6 is 0 Å². The van der Waals surface area contributed by atoms with Gasteiger partial charge in [0.2, 0.25) is 0 Å². The topological polar surface area (TPSA) is 66.5 Å². The summed E-state index contributed by atoms with van der Waals surface area (Å²) in [6.07, 6.45) is 5.96. The van der Waals surface area contributed by atoms with E-state index in [9.17, 15) is 10.2 Å². The molecule has 0 heterocycles. The van der Waals surface area contributed by atoms with Gasteiger partial charge in [-0.05, 0) is 6.07 Å². The number of phenols is 1. The maximum atomic E-state index is 9.83. The highest BCUT2D eigenvalue weighted by molar-refractivity contribution is 5.44. The van der Waals surface area contributed by atoms with Crippen molar-refractivity contribution < 1.29 is 10.2 Å². The number of nitrogens with two attached hydrogens (primary N) is 1. The summed E-state index contributed by atoms with van der Waals surface area (Å²) < 4.78 is 0. The summed E-state index contributed by atoms with van der Waals surface area (Å²) >= 11 is 0. The van der Waals surface area contributed by atoms with Gasteiger partial charge in [-0.3, -0.25) is 0 Å². The fourth-order valence-corrected chi connectivity index (χ4v) is 1.73. The minimum atomic E-state index is -1.04. The van der Waals surface area contributed by atoms with Gasteiger partial charge in [0, 0.05) is 5.56 Å². The first-order valence-corrected chi connectivity index (χ1v) is 4.76. The molecular formula is C12H13NO2. The molecule has 78 valence electrons. The van der Waals surface area contributed by atoms with E-state index in [1.165, 1.54) is 0 Å². The predicted octanol–water partition coefficient (Wildman–Crippen LogP) is 1.03. The zero-order valence-corrected chi connectivity index (χ0v) is 8.17. The summed E-state index contributed by atoms with van der Waals surface area (Å²) in [5, 5.41) is 19.5. The lowest BCUT2D eigenvalue weighted by Crippen LogP contribution is -2.46. The van der Waals surface area contributed by atoms with Crippen molar-refractivity contribution >= 4 is 0 Å². The molecule has 2 unspecified atom stereocenters. The van der Waals surface area contributed by atoms with Crippen molar-refractivity contribution in [3.8, 4) is 5.75 Å². The second-order valence-electron chi connectivity index (χ2n) is 3.64. The van der Waals surface area contributed by atoms with Crippen LogP contribution in [-0.2, 0) is 5.54 Å². The Morgan fingerprint density at radius 1 is 1.20 bits per heavy atom. The molecule has 0 aromatic heterocycles. The number of aliphatic hydroxyl groups is 1. The number of para-hydroxylation sites is 1. The third-order valence-corrected chi connectivity index (χ3v) is 2.64. The summed E-state index contributed by atoms with van der Waals surface area (Å²) in [6, 6.07) is 6.77. The molecule has 0 spiro atoms. The number of benzene rings is 1. The molecule has 15 heavy (non-hydrogen) atoms. The average Bonchev–Trinajstić information content (AvgIpc) is 2.23. The number of allylic oxidation sites excluding steroid dienone is 2. The fraction of sp³-hybridized carbons (Fsp3) is 0.167. The first-order chi connectivity index (χ1) is 7.14. The van der Waals surface area contributed by atoms with Crippen molar-refractivity contribution in [2.24, 2.45) is 5.73 Å². The summed E-state index contributed by atoms with van der Waals surface area (Å²) in [4.78, 5) is 0. The maximum Gasteiger partial charge on any atom is 0.121 e. The van der Waals surface area contributed by atoms with Crippen LogP contribution in [0.1, 0.15) is 5.56 Å². The second-order valence-corrected chi connectivity index (χ2v) is 3.64. The molecule has 0 saturated carbocycles. The monoisotopic (exact) mass is 203 g/mol. The van der Waals surface area contributed by atoms with Gasteiger partial charge < -0.3 is 15.9 Å². The van der Waals surface area contributed by atoms with Gasteiger partial charge in [-0.2, -0.15) is 0 Å². The Kier molecular flexibility index (Phi) is 2.34. The lowest BCUT2D eigenvalue weighted by Gasteiger charge is -2.32. The van der Waals surface area contributed by atoms with Crippen LogP contribution in [0.5, 0.6) is 5.75 Å². The SMILES string of the molecule is NC1(c2ccccc2O)C=CC=CC1O. The molecule has 0 radical (unpaired) electrons. The minimum Gasteiger partial charge on any atom is -0.508 e. The van der Waals surface area contributed by atoms with Crippen molar-refractivity contribution in [3.05, 3.63) is 54.1 Å². The third kappa shape index (κ3) is 1.56. The van der Waals surface area contributed by atoms with E-state index in [0.29, 0.717) is 5.56 Å². The smallest absolute Gasteiger partial charge is 0.121 e. The molecule has 0 amide bonds. The first-order valence-electron chi connectivity index (χ1n) is 4.76. The molecule has 0 aliphatic heterocycles. The van der Waals surface area contributed by atoms with Crippen LogP contribution in [0.25, 0.3) is 0 Å². The molecule has 1 aromatic carbocycles. The van der Waals surface area contributed by atoms with Crippen molar-refractivity contribution in [1.29, 1.82) is 0 Å². The van der Waals surface area contributed by atoms with Crippen LogP contribution in [-0.4, -0.2) is 16.3 Å². The molecule has 1 aliphatic carbocycles. The van der Waals surface area contributed by atoms with Crippen molar-refractivity contribution in [1.82, 2.24) is 0 Å². The molecule has 0 saturated heterocycles. The summed E-state index contributed by atoms with van der Waals surface area (Å²) in [5.74, 6) is 0.0963. The standard InChI is InChI=1S/C12H13NO2/c13-12(8-4-3-7-11(12)15)9-5-1-2-6-10(9)14/h1-8,11,14-15H,13H2. The highest BCUT2D eigenvalue weighted by Crippen LogP contribution is 2.33. The molecule has 1 aliphatic rings. The van der Waals surface area contributed by atoms with Crippen LogP contribution in [0, 0.1) is 0 Å². The minimum absolute atomic E-state index is 0.0963. The zero-order valence-electron chi connectivity index (χ0n) is 8.17. The Balaban J connectivity index is 2.50. The van der Waals surface area contributed by atoms with Crippen LogP contribution in [0.15, 0.2) is 48.6 Å². The molecule has 0 fully saturated rings. The van der Waals surface area contributed by atoms with E-state index in [1.807, 2.05) is 0 Å². The van der Waals surface area contributed by atoms with Crippen molar-refractivity contribution in [3.63, 3.8) is 0 Å². The predicted molar refractivity (Wildman–Crippen MR) is 58.3 cm³/mol. The molecular weight excluding hydrogens is 190 g/mol. The quantitative estimate of drug-likeness (QED) is 0.638. The van der Waals surface area contributed by atoms with Crippen LogP contribution < -0.4 is 5.73 Å². The number of hydrogen-bond donors (Lipinski definition) is 3. The number of aromatic hydroxyl groups is 1. The first kappa shape index (κ1) is 9.96. The van der Waals surface area contributed by atoms with E-state index in [4.69, 9.17) is 5.73 Å². The van der Waals surface area contributed by atoms with Gasteiger partial charge in [-0.25, -0.2) is 0 Å². The highest BCUT2D eigenvalue weighted by Gasteiger charge is 2.34. The summed E-state index contributed by atoms with van der Waals surface area (Å²) in [5.41, 5.74) is 5.56. The van der Waals surface area contributed by atoms with Gasteiger partial charge in [0.25, 0.3) is 0 Å².